The molecule has 0 radical (unpaired) electrons. The molecule has 3 heteroatoms. The van der Waals surface area contributed by atoms with Gasteiger partial charge in [0.05, 0.1) is 11.6 Å². The molecule has 0 saturated carbocycles. The van der Waals surface area contributed by atoms with Gasteiger partial charge >= 0.3 is 0 Å². The zero-order chi connectivity index (χ0) is 15.1. The minimum atomic E-state index is -0.453. The third kappa shape index (κ3) is 2.25. The van der Waals surface area contributed by atoms with Crippen molar-refractivity contribution in [1.82, 2.24) is 9.88 Å². The molecule has 2 bridgehead atoms. The molecule has 1 aromatic heterocycles. The van der Waals surface area contributed by atoms with Gasteiger partial charge in [0.15, 0.2) is 0 Å². The van der Waals surface area contributed by atoms with E-state index in [-0.39, 0.29) is 6.04 Å². The molecule has 0 aliphatic carbocycles. The van der Waals surface area contributed by atoms with E-state index >= 15 is 0 Å². The molecule has 2 aromatic rings. The molecular formula is C19H22N2O. The molecule has 0 amide bonds. The zero-order valence-electron chi connectivity index (χ0n) is 12.7. The monoisotopic (exact) mass is 294 g/mol. The molecule has 5 atom stereocenters. The van der Waals surface area contributed by atoms with Crippen molar-refractivity contribution in [2.45, 2.75) is 25.0 Å². The van der Waals surface area contributed by atoms with Crippen molar-refractivity contribution >= 4 is 10.9 Å². The average Bonchev–Trinajstić information content (AvgIpc) is 2.60. The Balaban J connectivity index is 1.61. The van der Waals surface area contributed by atoms with Gasteiger partial charge in [0.2, 0.25) is 0 Å². The Labute approximate surface area is 131 Å². The number of hydrogen-bond donors (Lipinski definition) is 1. The summed E-state index contributed by atoms with van der Waals surface area (Å²) in [6.07, 6.45) is 5.77. The SMILES string of the molecule is C=C[C@@H]1CN2CC[C@@H]1C[C@H]2[C@H](O)c1cnc2ccccc2c1. The lowest BCUT2D eigenvalue weighted by molar-refractivity contribution is -0.0449. The molecule has 3 fully saturated rings. The molecule has 1 aromatic carbocycles. The van der Waals surface area contributed by atoms with Gasteiger partial charge in [0, 0.05) is 29.7 Å². The van der Waals surface area contributed by atoms with Crippen LogP contribution in [0.15, 0.2) is 49.2 Å². The van der Waals surface area contributed by atoms with E-state index in [0.717, 1.165) is 36.0 Å². The van der Waals surface area contributed by atoms with Gasteiger partial charge in [-0.1, -0.05) is 24.3 Å². The first-order chi connectivity index (χ1) is 10.8. The Kier molecular flexibility index (Phi) is 3.47. The highest BCUT2D eigenvalue weighted by Gasteiger charge is 2.42. The zero-order valence-corrected chi connectivity index (χ0v) is 12.7. The van der Waals surface area contributed by atoms with Gasteiger partial charge in [-0.15, -0.1) is 6.58 Å². The van der Waals surface area contributed by atoms with Crippen molar-refractivity contribution < 1.29 is 5.11 Å². The maximum Gasteiger partial charge on any atom is 0.0960 e. The van der Waals surface area contributed by atoms with E-state index in [1.807, 2.05) is 24.4 Å². The number of nitrogens with zero attached hydrogens (tertiary/aromatic N) is 2. The molecule has 3 nitrogen and oxygen atoms in total. The average molecular weight is 294 g/mol. The quantitative estimate of drug-likeness (QED) is 0.883. The van der Waals surface area contributed by atoms with Crippen molar-refractivity contribution in [2.24, 2.45) is 11.8 Å². The van der Waals surface area contributed by atoms with Gasteiger partial charge in [-0.05, 0) is 43.4 Å². The van der Waals surface area contributed by atoms with E-state index in [0.29, 0.717) is 11.8 Å². The first-order valence-electron chi connectivity index (χ1n) is 8.15. The minimum absolute atomic E-state index is 0.220. The van der Waals surface area contributed by atoms with E-state index in [2.05, 4.69) is 34.7 Å². The number of pyridine rings is 1. The van der Waals surface area contributed by atoms with Crippen LogP contribution in [-0.4, -0.2) is 34.1 Å². The van der Waals surface area contributed by atoms with Crippen molar-refractivity contribution in [1.29, 1.82) is 0 Å². The first kappa shape index (κ1) is 13.9. The van der Waals surface area contributed by atoms with E-state index < -0.39 is 6.10 Å². The number of aliphatic hydroxyl groups is 1. The second-order valence-corrected chi connectivity index (χ2v) is 6.65. The van der Waals surface area contributed by atoms with Crippen molar-refractivity contribution in [3.05, 3.63) is 54.7 Å². The third-order valence-electron chi connectivity index (χ3n) is 5.47. The molecule has 22 heavy (non-hydrogen) atoms. The predicted octanol–water partition coefficient (Wildman–Crippen LogP) is 3.16. The van der Waals surface area contributed by atoms with Crippen LogP contribution in [0.1, 0.15) is 24.5 Å². The van der Waals surface area contributed by atoms with Gasteiger partial charge in [-0.3, -0.25) is 9.88 Å². The number of aliphatic hydroxyl groups excluding tert-OH is 1. The summed E-state index contributed by atoms with van der Waals surface area (Å²) < 4.78 is 0. The van der Waals surface area contributed by atoms with E-state index in [1.165, 1.54) is 6.42 Å². The molecular weight excluding hydrogens is 272 g/mol. The third-order valence-corrected chi connectivity index (χ3v) is 5.47. The Morgan fingerprint density at radius 3 is 3.00 bits per heavy atom. The smallest absolute Gasteiger partial charge is 0.0960 e. The second kappa shape index (κ2) is 5.49. The first-order valence-corrected chi connectivity index (χ1v) is 8.15. The topological polar surface area (TPSA) is 36.4 Å². The second-order valence-electron chi connectivity index (χ2n) is 6.65. The largest absolute Gasteiger partial charge is 0.387 e. The van der Waals surface area contributed by atoms with Crippen LogP contribution in [0, 0.1) is 11.8 Å². The number of rotatable bonds is 3. The number of benzene rings is 1. The Morgan fingerprint density at radius 1 is 1.36 bits per heavy atom. The summed E-state index contributed by atoms with van der Waals surface area (Å²) in [6, 6.07) is 10.4. The molecule has 1 N–H and O–H groups in total. The van der Waals surface area contributed by atoms with Crippen molar-refractivity contribution in [3.63, 3.8) is 0 Å². The predicted molar refractivity (Wildman–Crippen MR) is 88.5 cm³/mol. The van der Waals surface area contributed by atoms with Crippen LogP contribution in [-0.2, 0) is 0 Å². The normalized spacial score (nSPS) is 32.0. The highest BCUT2D eigenvalue weighted by molar-refractivity contribution is 5.78. The lowest BCUT2D eigenvalue weighted by Gasteiger charge is -2.50. The standard InChI is InChI=1S/C19H22N2O/c1-2-13-12-21-8-7-14(13)10-18(21)19(22)16-9-15-5-3-4-6-17(15)20-11-16/h2-6,9,11,13-14,18-19,22H,1,7-8,10,12H2/t13-,14-,18+,19-/m1/s1. The minimum Gasteiger partial charge on any atom is -0.387 e. The number of hydrogen-bond acceptors (Lipinski definition) is 3. The summed E-state index contributed by atoms with van der Waals surface area (Å²) >= 11 is 0. The number of para-hydroxylation sites is 1. The molecule has 1 unspecified atom stereocenters. The fourth-order valence-corrected chi connectivity index (χ4v) is 4.18. The fraction of sp³-hybridized carbons (Fsp3) is 0.421. The number of fused-ring (bicyclic) bond motifs is 4. The van der Waals surface area contributed by atoms with E-state index in [4.69, 9.17) is 0 Å². The van der Waals surface area contributed by atoms with Gasteiger partial charge in [0.25, 0.3) is 0 Å². The molecule has 5 rings (SSSR count). The van der Waals surface area contributed by atoms with Gasteiger partial charge in [-0.25, -0.2) is 0 Å². The summed E-state index contributed by atoms with van der Waals surface area (Å²) in [5.74, 6) is 1.27. The summed E-state index contributed by atoms with van der Waals surface area (Å²) in [5.41, 5.74) is 1.92. The number of aromatic nitrogens is 1. The summed E-state index contributed by atoms with van der Waals surface area (Å²) in [6.45, 7) is 6.10. The van der Waals surface area contributed by atoms with E-state index in [1.54, 1.807) is 0 Å². The van der Waals surface area contributed by atoms with E-state index in [9.17, 15) is 5.11 Å². The van der Waals surface area contributed by atoms with Crippen LogP contribution in [0.5, 0.6) is 0 Å². The van der Waals surface area contributed by atoms with Crippen LogP contribution in [0.3, 0.4) is 0 Å². The van der Waals surface area contributed by atoms with Crippen molar-refractivity contribution in [2.75, 3.05) is 13.1 Å². The molecule has 0 spiro atoms. The van der Waals surface area contributed by atoms with Crippen LogP contribution in [0.4, 0.5) is 0 Å². The van der Waals surface area contributed by atoms with Crippen LogP contribution < -0.4 is 0 Å². The molecule has 3 saturated heterocycles. The van der Waals surface area contributed by atoms with Gasteiger partial charge < -0.3 is 5.11 Å². The van der Waals surface area contributed by atoms with Gasteiger partial charge in [0.1, 0.15) is 0 Å². The van der Waals surface area contributed by atoms with Crippen LogP contribution in [0.25, 0.3) is 10.9 Å². The lowest BCUT2D eigenvalue weighted by atomic mass is 9.74. The highest BCUT2D eigenvalue weighted by atomic mass is 16.3. The Hall–Kier alpha value is -1.71. The molecule has 3 aliphatic rings. The van der Waals surface area contributed by atoms with Crippen LogP contribution in [0.2, 0.25) is 0 Å². The fourth-order valence-electron chi connectivity index (χ4n) is 4.18. The number of piperidine rings is 3. The van der Waals surface area contributed by atoms with Gasteiger partial charge in [-0.2, -0.15) is 0 Å². The summed E-state index contributed by atoms with van der Waals surface area (Å²) in [5, 5.41) is 12.0. The molecule has 114 valence electrons. The van der Waals surface area contributed by atoms with Crippen molar-refractivity contribution in [3.8, 4) is 0 Å². The summed E-state index contributed by atoms with van der Waals surface area (Å²) in [4.78, 5) is 6.93. The molecule has 3 aliphatic heterocycles. The van der Waals surface area contributed by atoms with Crippen LogP contribution >= 0.6 is 0 Å². The highest BCUT2D eigenvalue weighted by Crippen LogP contribution is 2.41. The maximum atomic E-state index is 10.9. The molecule has 4 heterocycles. The Morgan fingerprint density at radius 2 is 2.23 bits per heavy atom. The maximum absolute atomic E-state index is 10.9. The Bertz CT molecular complexity index is 699. The lowest BCUT2D eigenvalue weighted by Crippen LogP contribution is -2.54. The summed E-state index contributed by atoms with van der Waals surface area (Å²) in [7, 11) is 0.